The number of aliphatic hydroxyl groups is 1. The SMILES string of the molecule is COc1ccccc1CN(C)C1CCCC(O)C1. The molecule has 0 radical (unpaired) electrons. The Morgan fingerprint density at radius 2 is 2.11 bits per heavy atom. The fourth-order valence-electron chi connectivity index (χ4n) is 2.77. The first kappa shape index (κ1) is 13.4. The Bertz CT molecular complexity index is 381. The van der Waals surface area contributed by atoms with E-state index < -0.39 is 0 Å². The van der Waals surface area contributed by atoms with Crippen molar-refractivity contribution in [1.82, 2.24) is 4.90 Å². The van der Waals surface area contributed by atoms with E-state index in [0.29, 0.717) is 6.04 Å². The summed E-state index contributed by atoms with van der Waals surface area (Å²) >= 11 is 0. The molecule has 1 aromatic carbocycles. The third-order valence-electron chi connectivity index (χ3n) is 3.85. The van der Waals surface area contributed by atoms with Crippen LogP contribution in [-0.2, 0) is 6.54 Å². The van der Waals surface area contributed by atoms with E-state index in [-0.39, 0.29) is 6.10 Å². The number of para-hydroxylation sites is 1. The Hall–Kier alpha value is -1.06. The third kappa shape index (κ3) is 3.24. The first-order valence-corrected chi connectivity index (χ1v) is 6.71. The number of rotatable bonds is 4. The molecule has 3 heteroatoms. The molecule has 0 spiro atoms. The summed E-state index contributed by atoms with van der Waals surface area (Å²) < 4.78 is 5.38. The Morgan fingerprint density at radius 3 is 2.83 bits per heavy atom. The smallest absolute Gasteiger partial charge is 0.123 e. The number of hydrogen-bond donors (Lipinski definition) is 1. The molecule has 0 aromatic heterocycles. The van der Waals surface area contributed by atoms with E-state index in [1.54, 1.807) is 7.11 Å². The highest BCUT2D eigenvalue weighted by Gasteiger charge is 2.23. The first-order valence-electron chi connectivity index (χ1n) is 6.71. The Labute approximate surface area is 109 Å². The number of methoxy groups -OCH3 is 1. The summed E-state index contributed by atoms with van der Waals surface area (Å²) in [6.45, 7) is 0.876. The van der Waals surface area contributed by atoms with Gasteiger partial charge in [-0.05, 0) is 38.8 Å². The van der Waals surface area contributed by atoms with Crippen LogP contribution in [0, 0.1) is 0 Å². The van der Waals surface area contributed by atoms with Gasteiger partial charge >= 0.3 is 0 Å². The highest BCUT2D eigenvalue weighted by molar-refractivity contribution is 5.33. The number of nitrogens with zero attached hydrogens (tertiary/aromatic N) is 1. The van der Waals surface area contributed by atoms with Gasteiger partial charge in [-0.1, -0.05) is 18.2 Å². The van der Waals surface area contributed by atoms with Crippen molar-refractivity contribution in [2.75, 3.05) is 14.2 Å². The van der Waals surface area contributed by atoms with Gasteiger partial charge in [-0.15, -0.1) is 0 Å². The minimum atomic E-state index is -0.121. The fraction of sp³-hybridized carbons (Fsp3) is 0.600. The summed E-state index contributed by atoms with van der Waals surface area (Å²) in [7, 11) is 3.85. The predicted octanol–water partition coefficient (Wildman–Crippen LogP) is 2.43. The Morgan fingerprint density at radius 1 is 1.33 bits per heavy atom. The highest BCUT2D eigenvalue weighted by Crippen LogP contribution is 2.25. The minimum absolute atomic E-state index is 0.121. The first-order chi connectivity index (χ1) is 8.70. The molecule has 0 saturated heterocycles. The van der Waals surface area contributed by atoms with Crippen molar-refractivity contribution in [1.29, 1.82) is 0 Å². The van der Waals surface area contributed by atoms with Crippen molar-refractivity contribution in [3.05, 3.63) is 29.8 Å². The van der Waals surface area contributed by atoms with Crippen molar-refractivity contribution < 1.29 is 9.84 Å². The second kappa shape index (κ2) is 6.21. The molecule has 1 aliphatic carbocycles. The lowest BCUT2D eigenvalue weighted by Gasteiger charge is -2.33. The summed E-state index contributed by atoms with van der Waals surface area (Å²) in [6.07, 6.45) is 4.04. The second-order valence-electron chi connectivity index (χ2n) is 5.20. The molecule has 2 unspecified atom stereocenters. The van der Waals surface area contributed by atoms with Crippen LogP contribution in [0.3, 0.4) is 0 Å². The van der Waals surface area contributed by atoms with Crippen molar-refractivity contribution in [2.45, 2.75) is 44.4 Å². The van der Waals surface area contributed by atoms with Gasteiger partial charge in [0.2, 0.25) is 0 Å². The van der Waals surface area contributed by atoms with E-state index in [1.165, 1.54) is 12.0 Å². The Kier molecular flexibility index (Phi) is 4.61. The van der Waals surface area contributed by atoms with Crippen molar-refractivity contribution >= 4 is 0 Å². The predicted molar refractivity (Wildman–Crippen MR) is 72.7 cm³/mol. The zero-order chi connectivity index (χ0) is 13.0. The van der Waals surface area contributed by atoms with Crippen LogP contribution < -0.4 is 4.74 Å². The molecular weight excluding hydrogens is 226 g/mol. The molecule has 1 saturated carbocycles. The molecule has 2 rings (SSSR count). The van der Waals surface area contributed by atoms with Gasteiger partial charge in [0.1, 0.15) is 5.75 Å². The molecule has 0 bridgehead atoms. The van der Waals surface area contributed by atoms with E-state index in [2.05, 4.69) is 18.0 Å². The fourth-order valence-corrected chi connectivity index (χ4v) is 2.77. The molecule has 3 nitrogen and oxygen atoms in total. The topological polar surface area (TPSA) is 32.7 Å². The van der Waals surface area contributed by atoms with Crippen LogP contribution >= 0.6 is 0 Å². The Balaban J connectivity index is 1.99. The molecule has 2 atom stereocenters. The summed E-state index contributed by atoms with van der Waals surface area (Å²) in [4.78, 5) is 2.33. The lowest BCUT2D eigenvalue weighted by atomic mass is 9.92. The van der Waals surface area contributed by atoms with E-state index in [1.807, 2.05) is 18.2 Å². The average Bonchev–Trinajstić information content (AvgIpc) is 2.39. The van der Waals surface area contributed by atoms with Crippen LogP contribution in [0.2, 0.25) is 0 Å². The van der Waals surface area contributed by atoms with Crippen LogP contribution in [0.1, 0.15) is 31.2 Å². The summed E-state index contributed by atoms with van der Waals surface area (Å²) in [5, 5.41) is 9.74. The number of benzene rings is 1. The van der Waals surface area contributed by atoms with Crippen LogP contribution in [0.25, 0.3) is 0 Å². The largest absolute Gasteiger partial charge is 0.496 e. The maximum Gasteiger partial charge on any atom is 0.123 e. The van der Waals surface area contributed by atoms with Crippen molar-refractivity contribution in [3.63, 3.8) is 0 Å². The van der Waals surface area contributed by atoms with Crippen LogP contribution in [0.15, 0.2) is 24.3 Å². The van der Waals surface area contributed by atoms with Crippen LogP contribution in [-0.4, -0.2) is 36.3 Å². The summed E-state index contributed by atoms with van der Waals surface area (Å²) in [6, 6.07) is 8.63. The molecule has 1 N–H and O–H groups in total. The van der Waals surface area contributed by atoms with Gasteiger partial charge in [-0.2, -0.15) is 0 Å². The maximum atomic E-state index is 9.74. The van der Waals surface area contributed by atoms with Crippen molar-refractivity contribution in [3.8, 4) is 5.75 Å². The number of ether oxygens (including phenoxy) is 1. The van der Waals surface area contributed by atoms with Crippen LogP contribution in [0.4, 0.5) is 0 Å². The molecule has 0 heterocycles. The third-order valence-corrected chi connectivity index (χ3v) is 3.85. The van der Waals surface area contributed by atoms with E-state index in [4.69, 9.17) is 4.74 Å². The molecular formula is C15H23NO2. The van der Waals surface area contributed by atoms with E-state index in [0.717, 1.165) is 31.6 Å². The van der Waals surface area contributed by atoms with Gasteiger partial charge in [0.25, 0.3) is 0 Å². The van der Waals surface area contributed by atoms with Gasteiger partial charge in [0.15, 0.2) is 0 Å². The second-order valence-corrected chi connectivity index (χ2v) is 5.20. The standard InChI is InChI=1S/C15H23NO2/c1-16(13-7-5-8-14(17)10-13)11-12-6-3-4-9-15(12)18-2/h3-4,6,9,13-14,17H,5,7-8,10-11H2,1-2H3. The minimum Gasteiger partial charge on any atom is -0.496 e. The zero-order valence-corrected chi connectivity index (χ0v) is 11.3. The maximum absolute atomic E-state index is 9.74. The van der Waals surface area contributed by atoms with Gasteiger partial charge in [-0.25, -0.2) is 0 Å². The molecule has 1 fully saturated rings. The molecule has 0 aliphatic heterocycles. The quantitative estimate of drug-likeness (QED) is 0.889. The normalized spacial score (nSPS) is 24.2. The molecule has 1 aliphatic rings. The van der Waals surface area contributed by atoms with Gasteiger partial charge < -0.3 is 9.84 Å². The van der Waals surface area contributed by atoms with Gasteiger partial charge in [0, 0.05) is 18.2 Å². The summed E-state index contributed by atoms with van der Waals surface area (Å²) in [5.41, 5.74) is 1.21. The molecule has 100 valence electrons. The molecule has 0 amide bonds. The average molecular weight is 249 g/mol. The monoisotopic (exact) mass is 249 g/mol. The van der Waals surface area contributed by atoms with Gasteiger partial charge in [0.05, 0.1) is 13.2 Å². The lowest BCUT2D eigenvalue weighted by Crippen LogP contribution is -2.37. The van der Waals surface area contributed by atoms with Crippen LogP contribution in [0.5, 0.6) is 5.75 Å². The number of hydrogen-bond acceptors (Lipinski definition) is 3. The number of aliphatic hydroxyl groups excluding tert-OH is 1. The molecule has 18 heavy (non-hydrogen) atoms. The van der Waals surface area contributed by atoms with Gasteiger partial charge in [-0.3, -0.25) is 4.90 Å². The highest BCUT2D eigenvalue weighted by atomic mass is 16.5. The van der Waals surface area contributed by atoms with Crippen molar-refractivity contribution in [2.24, 2.45) is 0 Å². The van der Waals surface area contributed by atoms with E-state index >= 15 is 0 Å². The summed E-state index contributed by atoms with van der Waals surface area (Å²) in [5.74, 6) is 0.945. The lowest BCUT2D eigenvalue weighted by molar-refractivity contribution is 0.0698. The van der Waals surface area contributed by atoms with E-state index in [9.17, 15) is 5.11 Å². The zero-order valence-electron chi connectivity index (χ0n) is 11.3. The molecule has 1 aromatic rings.